The SMILES string of the molecule is CS(=O)(=O)c1cc(-c2ccnc(Nc3ccc(-n4cnc(N5CCCC(O)C5)n4)cc3)n2)cc(N2CCOCC2)c1. The van der Waals surface area contributed by atoms with Gasteiger partial charge in [-0.25, -0.2) is 23.1 Å². The molecule has 6 rings (SSSR count). The van der Waals surface area contributed by atoms with E-state index in [2.05, 4.69) is 30.3 Å². The number of rotatable bonds is 7. The van der Waals surface area contributed by atoms with E-state index in [0.29, 0.717) is 56.0 Å². The van der Waals surface area contributed by atoms with Gasteiger partial charge in [0.2, 0.25) is 11.9 Å². The third kappa shape index (κ3) is 6.32. The van der Waals surface area contributed by atoms with Crippen molar-refractivity contribution in [2.24, 2.45) is 0 Å². The largest absolute Gasteiger partial charge is 0.391 e. The Kier molecular flexibility index (Phi) is 7.56. The number of aliphatic hydroxyl groups is 1. The molecule has 0 radical (unpaired) electrons. The summed E-state index contributed by atoms with van der Waals surface area (Å²) in [5.74, 6) is 0.993. The number of nitrogens with one attached hydrogen (secondary N) is 1. The van der Waals surface area contributed by atoms with Gasteiger partial charge in [0.25, 0.3) is 0 Å². The van der Waals surface area contributed by atoms with E-state index >= 15 is 0 Å². The molecule has 1 atom stereocenters. The molecule has 4 aromatic rings. The van der Waals surface area contributed by atoms with Crippen molar-refractivity contribution in [1.29, 1.82) is 0 Å². The molecule has 2 N–H and O–H groups in total. The van der Waals surface area contributed by atoms with Gasteiger partial charge >= 0.3 is 0 Å². The molecule has 0 aliphatic carbocycles. The van der Waals surface area contributed by atoms with Gasteiger partial charge in [0.15, 0.2) is 9.84 Å². The van der Waals surface area contributed by atoms with E-state index in [1.165, 1.54) is 6.26 Å². The highest BCUT2D eigenvalue weighted by molar-refractivity contribution is 7.90. The first kappa shape index (κ1) is 27.1. The van der Waals surface area contributed by atoms with Crippen LogP contribution in [0.25, 0.3) is 16.9 Å². The van der Waals surface area contributed by atoms with Crippen molar-refractivity contribution in [3.63, 3.8) is 0 Å². The van der Waals surface area contributed by atoms with Crippen molar-refractivity contribution in [1.82, 2.24) is 24.7 Å². The number of morpholine rings is 1. The van der Waals surface area contributed by atoms with Crippen LogP contribution < -0.4 is 15.1 Å². The maximum Gasteiger partial charge on any atom is 0.245 e. The normalized spacial score (nSPS) is 18.0. The molecule has 2 aromatic carbocycles. The van der Waals surface area contributed by atoms with Crippen molar-refractivity contribution in [2.45, 2.75) is 23.8 Å². The van der Waals surface area contributed by atoms with Crippen LogP contribution in [0.3, 0.4) is 0 Å². The van der Waals surface area contributed by atoms with Crippen molar-refractivity contribution < 1.29 is 18.3 Å². The molecule has 2 saturated heterocycles. The lowest BCUT2D eigenvalue weighted by molar-refractivity contribution is 0.122. The number of benzene rings is 2. The zero-order valence-electron chi connectivity index (χ0n) is 22.7. The number of hydrogen-bond donors (Lipinski definition) is 2. The molecule has 0 saturated carbocycles. The number of piperidine rings is 1. The fourth-order valence-corrected chi connectivity index (χ4v) is 5.69. The predicted molar refractivity (Wildman–Crippen MR) is 156 cm³/mol. The molecular formula is C28H32N8O4S. The summed E-state index contributed by atoms with van der Waals surface area (Å²) in [5, 5.41) is 17.8. The zero-order valence-corrected chi connectivity index (χ0v) is 23.5. The molecule has 2 aliphatic rings. The van der Waals surface area contributed by atoms with E-state index in [4.69, 9.17) is 4.74 Å². The fraction of sp³-hybridized carbons (Fsp3) is 0.357. The van der Waals surface area contributed by atoms with E-state index in [-0.39, 0.29) is 11.0 Å². The summed E-state index contributed by atoms with van der Waals surface area (Å²) in [6.45, 7) is 3.95. The average Bonchev–Trinajstić information content (AvgIpc) is 3.48. The Labute approximate surface area is 238 Å². The molecule has 2 aliphatic heterocycles. The molecule has 214 valence electrons. The Morgan fingerprint density at radius 2 is 1.78 bits per heavy atom. The number of aromatic nitrogens is 5. The molecule has 41 heavy (non-hydrogen) atoms. The van der Waals surface area contributed by atoms with E-state index in [1.807, 2.05) is 35.2 Å². The van der Waals surface area contributed by atoms with Crippen LogP contribution in [0.4, 0.5) is 23.3 Å². The summed E-state index contributed by atoms with van der Waals surface area (Å²) < 4.78 is 32.1. The van der Waals surface area contributed by atoms with Gasteiger partial charge in [-0.05, 0) is 61.4 Å². The summed E-state index contributed by atoms with van der Waals surface area (Å²) in [6, 6.07) is 14.7. The minimum absolute atomic E-state index is 0.243. The number of ether oxygens (including phenoxy) is 1. The molecule has 0 amide bonds. The Hall–Kier alpha value is -4.07. The number of aliphatic hydroxyl groups excluding tert-OH is 1. The summed E-state index contributed by atoms with van der Waals surface area (Å²) in [6.07, 6.45) is 5.90. The van der Waals surface area contributed by atoms with E-state index in [1.54, 1.807) is 35.4 Å². The topological polar surface area (TPSA) is 139 Å². The zero-order chi connectivity index (χ0) is 28.4. The van der Waals surface area contributed by atoms with Gasteiger partial charge in [0, 0.05) is 55.6 Å². The van der Waals surface area contributed by atoms with Crippen LogP contribution in [0.15, 0.2) is 66.0 Å². The van der Waals surface area contributed by atoms with E-state index in [9.17, 15) is 13.5 Å². The predicted octanol–water partition coefficient (Wildman–Crippen LogP) is 2.67. The molecule has 2 aromatic heterocycles. The summed E-state index contributed by atoms with van der Waals surface area (Å²) in [4.78, 5) is 17.8. The second kappa shape index (κ2) is 11.4. The maximum absolute atomic E-state index is 12.5. The van der Waals surface area contributed by atoms with Gasteiger partial charge in [-0.15, -0.1) is 5.10 Å². The Morgan fingerprint density at radius 3 is 2.54 bits per heavy atom. The highest BCUT2D eigenvalue weighted by atomic mass is 32.2. The van der Waals surface area contributed by atoms with E-state index < -0.39 is 9.84 Å². The smallest absolute Gasteiger partial charge is 0.245 e. The molecule has 13 heteroatoms. The van der Waals surface area contributed by atoms with Crippen molar-refractivity contribution in [3.8, 4) is 16.9 Å². The summed E-state index contributed by atoms with van der Waals surface area (Å²) >= 11 is 0. The van der Waals surface area contributed by atoms with Crippen LogP contribution in [-0.2, 0) is 14.6 Å². The first-order valence-corrected chi connectivity index (χ1v) is 15.4. The van der Waals surface area contributed by atoms with Gasteiger partial charge in [-0.2, -0.15) is 4.98 Å². The highest BCUT2D eigenvalue weighted by Crippen LogP contribution is 2.29. The van der Waals surface area contributed by atoms with Gasteiger partial charge in [0.05, 0.1) is 35.6 Å². The van der Waals surface area contributed by atoms with E-state index in [0.717, 1.165) is 36.4 Å². The first-order valence-electron chi connectivity index (χ1n) is 13.6. The molecule has 12 nitrogen and oxygen atoms in total. The van der Waals surface area contributed by atoms with Crippen molar-refractivity contribution in [3.05, 3.63) is 61.1 Å². The highest BCUT2D eigenvalue weighted by Gasteiger charge is 2.21. The first-order chi connectivity index (χ1) is 19.8. The van der Waals surface area contributed by atoms with Gasteiger partial charge in [-0.1, -0.05) is 0 Å². The lowest BCUT2D eigenvalue weighted by Crippen LogP contribution is -2.38. The number of sulfone groups is 1. The lowest BCUT2D eigenvalue weighted by atomic mass is 10.1. The molecule has 4 heterocycles. The Bertz CT molecular complexity index is 1620. The van der Waals surface area contributed by atoms with Gasteiger partial charge in [-0.3, -0.25) is 0 Å². The van der Waals surface area contributed by atoms with Crippen molar-refractivity contribution >= 4 is 33.1 Å². The number of nitrogens with zero attached hydrogens (tertiary/aromatic N) is 7. The third-order valence-electron chi connectivity index (χ3n) is 7.19. The molecule has 0 bridgehead atoms. The Balaban J connectivity index is 1.20. The van der Waals surface area contributed by atoms with Crippen LogP contribution in [0.1, 0.15) is 12.8 Å². The average molecular weight is 577 g/mol. The van der Waals surface area contributed by atoms with Gasteiger partial charge < -0.3 is 25.0 Å². The van der Waals surface area contributed by atoms with Crippen LogP contribution in [-0.4, -0.2) is 90.0 Å². The number of anilines is 4. The monoisotopic (exact) mass is 576 g/mol. The minimum atomic E-state index is -3.43. The van der Waals surface area contributed by atoms with Crippen molar-refractivity contribution in [2.75, 3.05) is 60.8 Å². The standard InChI is InChI=1S/C28H32N8O4S/c1-41(38,39)25-16-20(15-23(17-25)34-11-13-40-14-12-34)26-8-9-29-27(32-26)31-21-4-6-22(7-5-21)36-19-30-28(33-36)35-10-2-3-24(37)18-35/h4-9,15-17,19,24,37H,2-3,10-14,18H2,1H3,(H,29,31,32). The molecular weight excluding hydrogens is 544 g/mol. The van der Waals surface area contributed by atoms with Gasteiger partial charge in [0.1, 0.15) is 6.33 Å². The van der Waals surface area contributed by atoms with Crippen LogP contribution in [0.2, 0.25) is 0 Å². The quantitative estimate of drug-likeness (QED) is 0.336. The fourth-order valence-electron chi connectivity index (χ4n) is 5.02. The summed E-state index contributed by atoms with van der Waals surface area (Å²) in [5.41, 5.74) is 3.75. The molecule has 1 unspecified atom stereocenters. The summed E-state index contributed by atoms with van der Waals surface area (Å²) in [7, 11) is -3.43. The maximum atomic E-state index is 12.5. The Morgan fingerprint density at radius 1 is 0.976 bits per heavy atom. The number of β-amino-alcohol motifs (C(OH)–C–C–N with tert-alkyl or cyclic N) is 1. The van der Waals surface area contributed by atoms with Crippen LogP contribution >= 0.6 is 0 Å². The minimum Gasteiger partial charge on any atom is -0.391 e. The molecule has 0 spiro atoms. The van der Waals surface area contributed by atoms with Crippen LogP contribution in [0.5, 0.6) is 0 Å². The lowest BCUT2D eigenvalue weighted by Gasteiger charge is -2.29. The second-order valence-electron chi connectivity index (χ2n) is 10.3. The molecule has 2 fully saturated rings. The second-order valence-corrected chi connectivity index (χ2v) is 12.3. The third-order valence-corrected chi connectivity index (χ3v) is 8.29. The van der Waals surface area contributed by atoms with Crippen LogP contribution in [0, 0.1) is 0 Å². The number of hydrogen-bond acceptors (Lipinski definition) is 11.